The number of aryl methyl sites for hydroxylation is 1. The van der Waals surface area contributed by atoms with Gasteiger partial charge in [-0.1, -0.05) is 38.5 Å². The Morgan fingerprint density at radius 2 is 1.28 bits per heavy atom. The Balaban J connectivity index is 2.01. The highest BCUT2D eigenvalue weighted by Gasteiger charge is 2.39. The number of tetrazole rings is 1. The lowest BCUT2D eigenvalue weighted by molar-refractivity contribution is 0.0706. The largest absolute Gasteiger partial charge is 0.500 e. The molecule has 1 aromatic heterocycles. The summed E-state index contributed by atoms with van der Waals surface area (Å²) in [5.41, 5.74) is 0. The van der Waals surface area contributed by atoms with Crippen LogP contribution < -0.4 is 0 Å². The number of aromatic nitrogens is 4. The van der Waals surface area contributed by atoms with Crippen molar-refractivity contribution >= 4 is 8.80 Å². The first-order valence-corrected chi connectivity index (χ1v) is 11.8. The molecule has 1 heterocycles. The first-order valence-electron chi connectivity index (χ1n) is 9.89. The van der Waals surface area contributed by atoms with Gasteiger partial charge in [0.25, 0.3) is 0 Å². The summed E-state index contributed by atoms with van der Waals surface area (Å²) in [5.74, 6) is 0. The van der Waals surface area contributed by atoms with Crippen molar-refractivity contribution in [3.8, 4) is 0 Å². The van der Waals surface area contributed by atoms with Crippen molar-refractivity contribution in [3.63, 3.8) is 0 Å². The van der Waals surface area contributed by atoms with Crippen molar-refractivity contribution in [2.24, 2.45) is 0 Å². The summed E-state index contributed by atoms with van der Waals surface area (Å²) in [6, 6.07) is 0.938. The maximum Gasteiger partial charge on any atom is 0.500 e. The average molecular weight is 373 g/mol. The maximum atomic E-state index is 5.89. The van der Waals surface area contributed by atoms with E-state index in [1.807, 2.05) is 20.8 Å². The molecule has 0 saturated heterocycles. The minimum atomic E-state index is -2.43. The van der Waals surface area contributed by atoms with Gasteiger partial charge in [0.1, 0.15) is 0 Å². The van der Waals surface area contributed by atoms with Crippen LogP contribution in [-0.4, -0.2) is 48.8 Å². The van der Waals surface area contributed by atoms with E-state index in [1.165, 1.54) is 44.9 Å². The van der Waals surface area contributed by atoms with E-state index in [0.29, 0.717) is 19.8 Å². The normalized spacial score (nSPS) is 12.0. The predicted octanol–water partition coefficient (Wildman–Crippen LogP) is 3.84. The van der Waals surface area contributed by atoms with Crippen LogP contribution in [0.2, 0.25) is 6.04 Å². The molecule has 0 fully saturated rings. The van der Waals surface area contributed by atoms with Gasteiger partial charge in [-0.2, -0.15) is 4.80 Å². The number of unbranched alkanes of at least 4 members (excludes halogenated alkanes) is 7. The predicted molar refractivity (Wildman–Crippen MR) is 100 cm³/mol. The molecule has 0 saturated carbocycles. The third-order valence-electron chi connectivity index (χ3n) is 4.08. The van der Waals surface area contributed by atoms with Crippen LogP contribution >= 0.6 is 0 Å². The molecule has 0 aliphatic rings. The van der Waals surface area contributed by atoms with Gasteiger partial charge in [0, 0.05) is 25.9 Å². The fourth-order valence-electron chi connectivity index (χ4n) is 2.95. The Labute approximate surface area is 153 Å². The Hall–Kier alpha value is -0.833. The summed E-state index contributed by atoms with van der Waals surface area (Å²) in [4.78, 5) is 1.66. The summed E-state index contributed by atoms with van der Waals surface area (Å²) in [5, 5.41) is 11.6. The molecule has 0 spiro atoms. The van der Waals surface area contributed by atoms with Crippen molar-refractivity contribution < 1.29 is 13.3 Å². The second-order valence-electron chi connectivity index (χ2n) is 6.09. The first-order chi connectivity index (χ1) is 12.3. The highest BCUT2D eigenvalue weighted by atomic mass is 28.4. The van der Waals surface area contributed by atoms with E-state index in [-0.39, 0.29) is 0 Å². The second kappa shape index (κ2) is 14.3. The Morgan fingerprint density at radius 1 is 0.760 bits per heavy atom. The zero-order valence-electron chi connectivity index (χ0n) is 16.3. The zero-order valence-corrected chi connectivity index (χ0v) is 17.3. The SMILES string of the molecule is CCO[Si](CCCCCCCCCCn1ncnn1)(OCC)OCC. The van der Waals surface area contributed by atoms with E-state index in [9.17, 15) is 0 Å². The third kappa shape index (κ3) is 10.0. The van der Waals surface area contributed by atoms with Gasteiger partial charge in [-0.25, -0.2) is 0 Å². The van der Waals surface area contributed by atoms with E-state index in [2.05, 4.69) is 15.4 Å². The molecule has 0 aliphatic heterocycles. The minimum absolute atomic E-state index is 0.663. The van der Waals surface area contributed by atoms with Gasteiger partial charge in [0.05, 0.1) is 6.54 Å². The summed E-state index contributed by atoms with van der Waals surface area (Å²) in [6.45, 7) is 8.90. The minimum Gasteiger partial charge on any atom is -0.374 e. The smallest absolute Gasteiger partial charge is 0.374 e. The lowest BCUT2D eigenvalue weighted by Crippen LogP contribution is -2.45. The van der Waals surface area contributed by atoms with Crippen LogP contribution in [0.15, 0.2) is 6.33 Å². The number of nitrogens with zero attached hydrogens (tertiary/aromatic N) is 4. The molecular weight excluding hydrogens is 336 g/mol. The van der Waals surface area contributed by atoms with Crippen molar-refractivity contribution in [1.82, 2.24) is 20.2 Å². The quantitative estimate of drug-likeness (QED) is 0.306. The van der Waals surface area contributed by atoms with Crippen LogP contribution in [0.25, 0.3) is 0 Å². The van der Waals surface area contributed by atoms with Crippen molar-refractivity contribution in [2.45, 2.75) is 84.7 Å². The molecule has 0 N–H and O–H groups in total. The summed E-state index contributed by atoms with van der Waals surface area (Å²) in [6.07, 6.45) is 11.4. The molecule has 25 heavy (non-hydrogen) atoms. The molecule has 0 aromatic carbocycles. The second-order valence-corrected chi connectivity index (χ2v) is 8.82. The highest BCUT2D eigenvalue weighted by Crippen LogP contribution is 2.20. The standard InChI is InChI=1S/C17H36N4O3Si/c1-4-22-25(23-5-2,24-6-3)16-14-12-10-8-7-9-11-13-15-21-19-17-18-20-21/h17H,4-16H2,1-3H3. The number of hydrogen-bond acceptors (Lipinski definition) is 6. The van der Waals surface area contributed by atoms with Gasteiger partial charge >= 0.3 is 8.80 Å². The summed E-state index contributed by atoms with van der Waals surface area (Å²) in [7, 11) is -2.43. The van der Waals surface area contributed by atoms with Crippen molar-refractivity contribution in [3.05, 3.63) is 6.33 Å². The molecule has 1 rings (SSSR count). The van der Waals surface area contributed by atoms with E-state index in [1.54, 1.807) is 4.80 Å². The van der Waals surface area contributed by atoms with Crippen molar-refractivity contribution in [2.75, 3.05) is 19.8 Å². The van der Waals surface area contributed by atoms with Crippen LogP contribution in [0.4, 0.5) is 0 Å². The van der Waals surface area contributed by atoms with Crippen LogP contribution in [0.1, 0.15) is 72.1 Å². The van der Waals surface area contributed by atoms with Crippen LogP contribution in [0, 0.1) is 0 Å². The fourth-order valence-corrected chi connectivity index (χ4v) is 5.63. The van der Waals surface area contributed by atoms with Gasteiger partial charge in [0.15, 0.2) is 6.33 Å². The Morgan fingerprint density at radius 3 is 1.76 bits per heavy atom. The Kier molecular flexibility index (Phi) is 12.7. The lowest BCUT2D eigenvalue weighted by Gasteiger charge is -2.28. The zero-order chi connectivity index (χ0) is 18.2. The molecule has 0 amide bonds. The van der Waals surface area contributed by atoms with Gasteiger partial charge < -0.3 is 13.3 Å². The maximum absolute atomic E-state index is 5.89. The molecule has 0 aliphatic carbocycles. The van der Waals surface area contributed by atoms with Crippen LogP contribution in [0.3, 0.4) is 0 Å². The molecule has 8 heteroatoms. The molecule has 1 aromatic rings. The van der Waals surface area contributed by atoms with Gasteiger partial charge in [0.2, 0.25) is 0 Å². The Bertz CT molecular complexity index is 390. The fraction of sp³-hybridized carbons (Fsp3) is 0.941. The summed E-state index contributed by atoms with van der Waals surface area (Å²) >= 11 is 0. The average Bonchev–Trinajstić information content (AvgIpc) is 3.11. The lowest BCUT2D eigenvalue weighted by atomic mass is 10.1. The molecule has 146 valence electrons. The molecule has 0 atom stereocenters. The van der Waals surface area contributed by atoms with E-state index in [0.717, 1.165) is 25.4 Å². The van der Waals surface area contributed by atoms with Crippen LogP contribution in [0.5, 0.6) is 0 Å². The van der Waals surface area contributed by atoms with E-state index >= 15 is 0 Å². The number of rotatable bonds is 17. The van der Waals surface area contributed by atoms with E-state index < -0.39 is 8.80 Å². The first kappa shape index (κ1) is 22.2. The monoisotopic (exact) mass is 372 g/mol. The van der Waals surface area contributed by atoms with Crippen molar-refractivity contribution in [1.29, 1.82) is 0 Å². The topological polar surface area (TPSA) is 71.3 Å². The molecule has 0 bridgehead atoms. The summed E-state index contributed by atoms with van der Waals surface area (Å²) < 4.78 is 17.7. The number of hydrogen-bond donors (Lipinski definition) is 0. The highest BCUT2D eigenvalue weighted by molar-refractivity contribution is 6.60. The van der Waals surface area contributed by atoms with Crippen LogP contribution in [-0.2, 0) is 19.8 Å². The molecule has 0 unspecified atom stereocenters. The van der Waals surface area contributed by atoms with E-state index in [4.69, 9.17) is 13.3 Å². The third-order valence-corrected chi connectivity index (χ3v) is 7.23. The van der Waals surface area contributed by atoms with Gasteiger partial charge in [-0.05, 0) is 38.8 Å². The molecular formula is C17H36N4O3Si. The molecule has 7 nitrogen and oxygen atoms in total. The molecule has 0 radical (unpaired) electrons. The van der Waals surface area contributed by atoms with Gasteiger partial charge in [-0.15, -0.1) is 10.2 Å². The van der Waals surface area contributed by atoms with Gasteiger partial charge in [-0.3, -0.25) is 0 Å².